The highest BCUT2D eigenvalue weighted by Gasteiger charge is 2.18. The van der Waals surface area contributed by atoms with Crippen molar-refractivity contribution in [1.29, 1.82) is 5.41 Å². The molecule has 2 aromatic heterocycles. The number of rotatable bonds is 4. The summed E-state index contributed by atoms with van der Waals surface area (Å²) in [5.41, 5.74) is 8.51. The fourth-order valence-corrected chi connectivity index (χ4v) is 2.50. The fourth-order valence-electron chi connectivity index (χ4n) is 2.50. The average molecular weight is 530 g/mol. The predicted molar refractivity (Wildman–Crippen MR) is 131 cm³/mol. The molecule has 0 radical (unpaired) electrons. The van der Waals surface area contributed by atoms with Gasteiger partial charge in [0.1, 0.15) is 18.1 Å². The zero-order valence-electron chi connectivity index (χ0n) is 19.4. The van der Waals surface area contributed by atoms with E-state index in [1.54, 1.807) is 18.5 Å². The lowest BCUT2D eigenvalue weighted by Gasteiger charge is -2.12. The average Bonchev–Trinajstić information content (AvgIpc) is 3.17. The van der Waals surface area contributed by atoms with E-state index in [0.29, 0.717) is 30.6 Å². The van der Waals surface area contributed by atoms with Gasteiger partial charge in [0.05, 0.1) is 18.0 Å². The van der Waals surface area contributed by atoms with Gasteiger partial charge >= 0.3 is 0 Å². The van der Waals surface area contributed by atoms with Crippen LogP contribution in [-0.2, 0) is 26.8 Å². The van der Waals surface area contributed by atoms with Crippen LogP contribution in [0.15, 0.2) is 42.7 Å². The van der Waals surface area contributed by atoms with Gasteiger partial charge in [-0.15, -0.1) is 0 Å². The molecule has 0 aliphatic rings. The summed E-state index contributed by atoms with van der Waals surface area (Å²) in [6, 6.07) is 9.35. The molecule has 15 heteroatoms. The Labute approximate surface area is 202 Å². The van der Waals surface area contributed by atoms with Gasteiger partial charge in [-0.25, -0.2) is 0 Å². The van der Waals surface area contributed by atoms with E-state index in [0.717, 1.165) is 26.9 Å². The van der Waals surface area contributed by atoms with E-state index in [1.807, 2.05) is 31.2 Å². The first kappa shape index (κ1) is 29.5. The minimum atomic E-state index is -3.67. The van der Waals surface area contributed by atoms with Crippen LogP contribution >= 0.6 is 0 Å². The Balaban J connectivity index is 0.000000519. The lowest BCUT2D eigenvalue weighted by atomic mass is 10.1. The third kappa shape index (κ3) is 11.4. The molecule has 13 nitrogen and oxygen atoms in total. The van der Waals surface area contributed by atoms with E-state index in [9.17, 15) is 21.6 Å². The first-order chi connectivity index (χ1) is 16.0. The van der Waals surface area contributed by atoms with Gasteiger partial charge in [-0.05, 0) is 42.3 Å². The SMILES string of the molecule is CS(=O)(=O)O.CS(=O)(=O)O.Cc1ccc(OCc2ccncc2)c2[nH]c(C(=O)N(C)C(=N)N)cc12. The molecule has 0 aliphatic heterocycles. The highest BCUT2D eigenvalue weighted by Crippen LogP contribution is 2.29. The molecule has 6 N–H and O–H groups in total. The van der Waals surface area contributed by atoms with Crippen molar-refractivity contribution in [2.24, 2.45) is 5.73 Å². The molecule has 192 valence electrons. The van der Waals surface area contributed by atoms with Gasteiger partial charge in [-0.1, -0.05) is 6.07 Å². The van der Waals surface area contributed by atoms with Crippen molar-refractivity contribution < 1.29 is 35.5 Å². The highest BCUT2D eigenvalue weighted by molar-refractivity contribution is 7.85. The third-order valence-electron chi connectivity index (χ3n) is 4.01. The first-order valence-corrected chi connectivity index (χ1v) is 13.3. The second-order valence-corrected chi connectivity index (χ2v) is 10.1. The monoisotopic (exact) mass is 529 g/mol. The second kappa shape index (κ2) is 12.3. The molecule has 0 saturated heterocycles. The molecular formula is C20H27N5O8S2. The molecule has 0 fully saturated rings. The summed E-state index contributed by atoms with van der Waals surface area (Å²) in [5.74, 6) is -0.0281. The highest BCUT2D eigenvalue weighted by atomic mass is 32.2. The van der Waals surface area contributed by atoms with Crippen molar-refractivity contribution in [2.75, 3.05) is 19.6 Å². The second-order valence-electron chi connectivity index (χ2n) is 7.21. The Hall–Kier alpha value is -3.53. The normalized spacial score (nSPS) is 10.9. The van der Waals surface area contributed by atoms with Crippen molar-refractivity contribution in [3.63, 3.8) is 0 Å². The van der Waals surface area contributed by atoms with Gasteiger partial charge in [0, 0.05) is 24.8 Å². The van der Waals surface area contributed by atoms with Crippen LogP contribution in [0.3, 0.4) is 0 Å². The zero-order valence-corrected chi connectivity index (χ0v) is 21.0. The molecule has 0 aliphatic carbocycles. The summed E-state index contributed by atoms with van der Waals surface area (Å²) in [6.07, 6.45) is 4.86. The largest absolute Gasteiger partial charge is 0.487 e. The van der Waals surface area contributed by atoms with E-state index >= 15 is 0 Å². The number of H-pyrrole nitrogens is 1. The van der Waals surface area contributed by atoms with Crippen LogP contribution in [0, 0.1) is 12.3 Å². The van der Waals surface area contributed by atoms with Gasteiger partial charge in [-0.2, -0.15) is 16.8 Å². The van der Waals surface area contributed by atoms with Crippen LogP contribution in [0.2, 0.25) is 0 Å². The summed E-state index contributed by atoms with van der Waals surface area (Å²) < 4.78 is 57.6. The summed E-state index contributed by atoms with van der Waals surface area (Å²) >= 11 is 0. The van der Waals surface area contributed by atoms with Crippen molar-refractivity contribution in [2.45, 2.75) is 13.5 Å². The molecular weight excluding hydrogens is 502 g/mol. The molecule has 0 spiro atoms. The number of benzene rings is 1. The quantitative estimate of drug-likeness (QED) is 0.186. The number of ether oxygens (including phenoxy) is 1. The number of fused-ring (bicyclic) bond motifs is 1. The smallest absolute Gasteiger partial charge is 0.276 e. The molecule has 0 atom stereocenters. The number of pyridine rings is 1. The Morgan fingerprint density at radius 1 is 1.11 bits per heavy atom. The van der Waals surface area contributed by atoms with E-state index in [2.05, 4.69) is 9.97 Å². The van der Waals surface area contributed by atoms with Gasteiger partial charge in [-0.3, -0.25) is 29.2 Å². The van der Waals surface area contributed by atoms with E-state index in [1.165, 1.54) is 7.05 Å². The molecule has 0 unspecified atom stereocenters. The number of aryl methyl sites for hydroxylation is 1. The van der Waals surface area contributed by atoms with Crippen LogP contribution in [0.5, 0.6) is 5.75 Å². The van der Waals surface area contributed by atoms with E-state index in [-0.39, 0.29) is 11.9 Å². The minimum Gasteiger partial charge on any atom is -0.487 e. The number of aromatic amines is 1. The Bertz CT molecular complexity index is 1340. The standard InChI is InChI=1S/C18H19N5O2.2CH4O3S/c1-11-3-4-15(25-10-12-5-7-21-8-6-12)16-13(11)9-14(22-16)17(24)23(2)18(19)20;2*1-5(2,3)4/h3-9,22H,10H2,1-2H3,(H3,19,20);2*1H3,(H,2,3,4). The van der Waals surface area contributed by atoms with Gasteiger partial charge < -0.3 is 15.5 Å². The zero-order chi connectivity index (χ0) is 27.0. The van der Waals surface area contributed by atoms with E-state index < -0.39 is 20.2 Å². The number of aromatic nitrogens is 2. The van der Waals surface area contributed by atoms with Crippen molar-refractivity contribution in [3.05, 3.63) is 59.5 Å². The Morgan fingerprint density at radius 2 is 1.63 bits per heavy atom. The van der Waals surface area contributed by atoms with E-state index in [4.69, 9.17) is 25.0 Å². The summed E-state index contributed by atoms with van der Waals surface area (Å²) in [4.78, 5) is 20.5. The molecule has 35 heavy (non-hydrogen) atoms. The maximum Gasteiger partial charge on any atom is 0.276 e. The summed E-state index contributed by atoms with van der Waals surface area (Å²) in [5, 5.41) is 8.30. The number of amides is 1. The van der Waals surface area contributed by atoms with Crippen LogP contribution < -0.4 is 10.5 Å². The molecule has 1 amide bonds. The lowest BCUT2D eigenvalue weighted by Crippen LogP contribution is -2.38. The summed E-state index contributed by atoms with van der Waals surface area (Å²) in [7, 11) is -5.87. The fraction of sp³-hybridized carbons (Fsp3) is 0.250. The molecule has 0 bridgehead atoms. The van der Waals surface area contributed by atoms with Crippen LogP contribution in [0.4, 0.5) is 0 Å². The predicted octanol–water partition coefficient (Wildman–Crippen LogP) is 1.42. The summed E-state index contributed by atoms with van der Waals surface area (Å²) in [6.45, 7) is 2.36. The number of hydrogen-bond acceptors (Lipinski definition) is 8. The van der Waals surface area contributed by atoms with Gasteiger partial charge in [0.15, 0.2) is 5.96 Å². The maximum absolute atomic E-state index is 12.4. The van der Waals surface area contributed by atoms with Crippen LogP contribution in [0.25, 0.3) is 10.9 Å². The van der Waals surface area contributed by atoms with Crippen molar-refractivity contribution in [1.82, 2.24) is 14.9 Å². The molecule has 1 aromatic carbocycles. The van der Waals surface area contributed by atoms with Crippen molar-refractivity contribution >= 4 is 43.0 Å². The topological polar surface area (TPSA) is 217 Å². The molecule has 3 rings (SSSR count). The van der Waals surface area contributed by atoms with Crippen LogP contribution in [-0.4, -0.2) is 72.2 Å². The van der Waals surface area contributed by atoms with Crippen molar-refractivity contribution in [3.8, 4) is 5.75 Å². The number of nitrogens with zero attached hydrogens (tertiary/aromatic N) is 2. The molecule has 3 aromatic rings. The number of nitrogens with one attached hydrogen (secondary N) is 2. The minimum absolute atomic E-state index is 0.311. The number of guanidine groups is 1. The number of carbonyl (C=O) groups is 1. The molecule has 0 saturated carbocycles. The number of carbonyl (C=O) groups excluding carboxylic acids is 1. The number of hydrogen-bond donors (Lipinski definition) is 5. The van der Waals surface area contributed by atoms with Crippen LogP contribution in [0.1, 0.15) is 21.6 Å². The molecule has 2 heterocycles. The number of nitrogens with two attached hydrogens (primary N) is 1. The van der Waals surface area contributed by atoms with Gasteiger partial charge in [0.2, 0.25) is 0 Å². The first-order valence-electron chi connectivity index (χ1n) is 9.58. The Kier molecular flexibility index (Phi) is 10.3. The maximum atomic E-state index is 12.4. The Morgan fingerprint density at radius 3 is 2.11 bits per heavy atom. The lowest BCUT2D eigenvalue weighted by molar-refractivity contribution is 0.0864. The van der Waals surface area contributed by atoms with Gasteiger partial charge in [0.25, 0.3) is 26.1 Å². The third-order valence-corrected chi connectivity index (χ3v) is 4.01.